The van der Waals surface area contributed by atoms with Gasteiger partial charge in [0.25, 0.3) is 0 Å². The Balaban J connectivity index is 1.83. The highest BCUT2D eigenvalue weighted by Gasteiger charge is 2.34. The average molecular weight is 276 g/mol. The summed E-state index contributed by atoms with van der Waals surface area (Å²) >= 11 is 0. The standard InChI is InChI=1S/C15H24N4O/c1-20-10-14-17-13(16)9-15(18-14)19-8-4-7-12(19)11-5-2-3-6-11/h9,11-12H,2-8,10H2,1H3,(H2,16,17,18). The van der Waals surface area contributed by atoms with Gasteiger partial charge >= 0.3 is 0 Å². The summed E-state index contributed by atoms with van der Waals surface area (Å²) in [6, 6.07) is 2.55. The number of nitrogens with two attached hydrogens (primary N) is 1. The van der Waals surface area contributed by atoms with Crippen LogP contribution >= 0.6 is 0 Å². The second-order valence-corrected chi connectivity index (χ2v) is 5.95. The minimum absolute atomic E-state index is 0.417. The summed E-state index contributed by atoms with van der Waals surface area (Å²) in [5.41, 5.74) is 5.92. The minimum atomic E-state index is 0.417. The molecule has 1 aliphatic heterocycles. The highest BCUT2D eigenvalue weighted by Crippen LogP contribution is 2.37. The lowest BCUT2D eigenvalue weighted by atomic mass is 9.96. The Bertz CT molecular complexity index is 459. The smallest absolute Gasteiger partial charge is 0.158 e. The van der Waals surface area contributed by atoms with Crippen LogP contribution in [-0.2, 0) is 11.3 Å². The largest absolute Gasteiger partial charge is 0.384 e. The van der Waals surface area contributed by atoms with Crippen molar-refractivity contribution in [1.29, 1.82) is 0 Å². The fourth-order valence-corrected chi connectivity index (χ4v) is 3.75. The number of nitrogens with zero attached hydrogens (tertiary/aromatic N) is 3. The molecule has 0 bridgehead atoms. The minimum Gasteiger partial charge on any atom is -0.384 e. The quantitative estimate of drug-likeness (QED) is 0.914. The van der Waals surface area contributed by atoms with Crippen LogP contribution in [0.4, 0.5) is 11.6 Å². The monoisotopic (exact) mass is 276 g/mol. The molecule has 2 heterocycles. The number of methoxy groups -OCH3 is 1. The molecule has 0 amide bonds. The third-order valence-corrected chi connectivity index (χ3v) is 4.59. The molecule has 2 aliphatic rings. The van der Waals surface area contributed by atoms with Gasteiger partial charge in [0.1, 0.15) is 18.2 Å². The first-order valence-electron chi connectivity index (χ1n) is 7.67. The normalized spacial score (nSPS) is 23.6. The average Bonchev–Trinajstić information content (AvgIpc) is 3.09. The van der Waals surface area contributed by atoms with E-state index in [0.29, 0.717) is 24.3 Å². The molecule has 20 heavy (non-hydrogen) atoms. The van der Waals surface area contributed by atoms with Gasteiger partial charge in [-0.3, -0.25) is 0 Å². The van der Waals surface area contributed by atoms with E-state index in [9.17, 15) is 0 Å². The lowest BCUT2D eigenvalue weighted by Crippen LogP contribution is -2.35. The molecule has 5 nitrogen and oxygen atoms in total. The Kier molecular flexibility index (Phi) is 4.05. The summed E-state index contributed by atoms with van der Waals surface area (Å²) in [5, 5.41) is 0. The van der Waals surface area contributed by atoms with Crippen LogP contribution in [0.1, 0.15) is 44.3 Å². The Morgan fingerprint density at radius 2 is 2.05 bits per heavy atom. The zero-order chi connectivity index (χ0) is 13.9. The zero-order valence-corrected chi connectivity index (χ0v) is 12.2. The van der Waals surface area contributed by atoms with Gasteiger partial charge in [-0.25, -0.2) is 9.97 Å². The lowest BCUT2D eigenvalue weighted by molar-refractivity contribution is 0.178. The molecule has 1 aromatic rings. The topological polar surface area (TPSA) is 64.3 Å². The van der Waals surface area contributed by atoms with Gasteiger partial charge in [0.15, 0.2) is 5.82 Å². The van der Waals surface area contributed by atoms with Gasteiger partial charge in [-0.15, -0.1) is 0 Å². The summed E-state index contributed by atoms with van der Waals surface area (Å²) < 4.78 is 5.13. The molecule has 1 unspecified atom stereocenters. The van der Waals surface area contributed by atoms with Crippen LogP contribution in [0.15, 0.2) is 6.07 Å². The number of aromatic nitrogens is 2. The number of anilines is 2. The first-order valence-corrected chi connectivity index (χ1v) is 7.67. The van der Waals surface area contributed by atoms with Crippen molar-refractivity contribution in [3.05, 3.63) is 11.9 Å². The molecule has 2 fully saturated rings. The van der Waals surface area contributed by atoms with E-state index >= 15 is 0 Å². The first kappa shape index (κ1) is 13.6. The van der Waals surface area contributed by atoms with Crippen LogP contribution in [0.2, 0.25) is 0 Å². The Labute approximate surface area is 120 Å². The molecule has 1 aliphatic carbocycles. The molecular formula is C15H24N4O. The summed E-state index contributed by atoms with van der Waals surface area (Å²) in [6.45, 7) is 1.50. The van der Waals surface area contributed by atoms with Gasteiger partial charge in [-0.2, -0.15) is 0 Å². The fraction of sp³-hybridized carbons (Fsp3) is 0.733. The molecule has 1 saturated carbocycles. The summed E-state index contributed by atoms with van der Waals surface area (Å²) in [4.78, 5) is 11.3. The van der Waals surface area contributed by atoms with Gasteiger partial charge in [0.2, 0.25) is 0 Å². The van der Waals surface area contributed by atoms with Crippen LogP contribution in [0.25, 0.3) is 0 Å². The molecule has 5 heteroatoms. The number of hydrogen-bond donors (Lipinski definition) is 1. The van der Waals surface area contributed by atoms with Crippen molar-refractivity contribution < 1.29 is 4.74 Å². The Morgan fingerprint density at radius 3 is 2.80 bits per heavy atom. The van der Waals surface area contributed by atoms with Gasteiger partial charge in [-0.1, -0.05) is 12.8 Å². The molecule has 0 spiro atoms. The molecular weight excluding hydrogens is 252 g/mol. The van der Waals surface area contributed by atoms with Gasteiger partial charge in [-0.05, 0) is 31.6 Å². The van der Waals surface area contributed by atoms with E-state index < -0.39 is 0 Å². The second kappa shape index (κ2) is 5.95. The first-order chi connectivity index (χ1) is 9.78. The van der Waals surface area contributed by atoms with Crippen molar-refractivity contribution in [3.63, 3.8) is 0 Å². The Morgan fingerprint density at radius 1 is 1.25 bits per heavy atom. The van der Waals surface area contributed by atoms with Crippen molar-refractivity contribution in [1.82, 2.24) is 9.97 Å². The highest BCUT2D eigenvalue weighted by atomic mass is 16.5. The molecule has 1 atom stereocenters. The van der Waals surface area contributed by atoms with E-state index in [0.717, 1.165) is 18.3 Å². The van der Waals surface area contributed by atoms with Gasteiger partial charge in [0, 0.05) is 25.8 Å². The third-order valence-electron chi connectivity index (χ3n) is 4.59. The molecule has 0 aromatic carbocycles. The molecule has 3 rings (SSSR count). The van der Waals surface area contributed by atoms with E-state index in [-0.39, 0.29) is 0 Å². The van der Waals surface area contributed by atoms with Crippen molar-refractivity contribution in [2.75, 3.05) is 24.3 Å². The Hall–Kier alpha value is -1.36. The van der Waals surface area contributed by atoms with Crippen LogP contribution in [0.3, 0.4) is 0 Å². The molecule has 110 valence electrons. The van der Waals surface area contributed by atoms with Crippen molar-refractivity contribution >= 4 is 11.6 Å². The predicted molar refractivity (Wildman–Crippen MR) is 79.5 cm³/mol. The van der Waals surface area contributed by atoms with Crippen LogP contribution < -0.4 is 10.6 Å². The van der Waals surface area contributed by atoms with Crippen LogP contribution in [-0.4, -0.2) is 29.7 Å². The number of ether oxygens (including phenoxy) is 1. The number of nitrogen functional groups attached to an aromatic ring is 1. The van der Waals surface area contributed by atoms with E-state index in [1.54, 1.807) is 7.11 Å². The summed E-state index contributed by atoms with van der Waals surface area (Å²) in [7, 11) is 1.66. The van der Waals surface area contributed by atoms with E-state index in [4.69, 9.17) is 10.5 Å². The van der Waals surface area contributed by atoms with Gasteiger partial charge < -0.3 is 15.4 Å². The van der Waals surface area contributed by atoms with E-state index in [1.807, 2.05) is 6.07 Å². The summed E-state index contributed by atoms with van der Waals surface area (Å²) in [5.74, 6) is 3.04. The van der Waals surface area contributed by atoms with Crippen molar-refractivity contribution in [2.24, 2.45) is 5.92 Å². The maximum absolute atomic E-state index is 5.92. The molecule has 1 saturated heterocycles. The number of hydrogen-bond acceptors (Lipinski definition) is 5. The van der Waals surface area contributed by atoms with Crippen LogP contribution in [0.5, 0.6) is 0 Å². The molecule has 2 N–H and O–H groups in total. The maximum atomic E-state index is 5.92. The highest BCUT2D eigenvalue weighted by molar-refractivity contribution is 5.48. The molecule has 0 radical (unpaired) electrons. The predicted octanol–water partition coefficient (Wildman–Crippen LogP) is 2.36. The second-order valence-electron chi connectivity index (χ2n) is 5.95. The van der Waals surface area contributed by atoms with Gasteiger partial charge in [0.05, 0.1) is 0 Å². The molecule has 1 aromatic heterocycles. The van der Waals surface area contributed by atoms with Crippen molar-refractivity contribution in [2.45, 2.75) is 51.2 Å². The van der Waals surface area contributed by atoms with E-state index in [1.165, 1.54) is 38.5 Å². The van der Waals surface area contributed by atoms with Crippen LogP contribution in [0, 0.1) is 5.92 Å². The summed E-state index contributed by atoms with van der Waals surface area (Å²) in [6.07, 6.45) is 8.05. The fourth-order valence-electron chi connectivity index (χ4n) is 3.75. The number of rotatable bonds is 4. The SMILES string of the molecule is COCc1nc(N)cc(N2CCCC2C2CCCC2)n1. The zero-order valence-electron chi connectivity index (χ0n) is 12.2. The van der Waals surface area contributed by atoms with E-state index in [2.05, 4.69) is 14.9 Å². The maximum Gasteiger partial charge on any atom is 0.158 e. The van der Waals surface area contributed by atoms with Crippen molar-refractivity contribution in [3.8, 4) is 0 Å². The lowest BCUT2D eigenvalue weighted by Gasteiger charge is -2.30. The third kappa shape index (κ3) is 2.73.